The Morgan fingerprint density at radius 3 is 2.43 bits per heavy atom. The molecule has 9 heteroatoms. The van der Waals surface area contributed by atoms with Gasteiger partial charge in [0.1, 0.15) is 6.04 Å². The van der Waals surface area contributed by atoms with Crippen molar-refractivity contribution in [3.8, 4) is 0 Å². The van der Waals surface area contributed by atoms with Crippen molar-refractivity contribution in [1.82, 2.24) is 9.44 Å². The van der Waals surface area contributed by atoms with Crippen LogP contribution in [0.2, 0.25) is 0 Å². The minimum absolute atomic E-state index is 0.0431. The Morgan fingerprint density at radius 1 is 1.29 bits per heavy atom. The summed E-state index contributed by atoms with van der Waals surface area (Å²) >= 11 is 0. The number of nitrogens with one attached hydrogen (secondary N) is 2. The highest BCUT2D eigenvalue weighted by Crippen LogP contribution is 2.06. The number of benzene rings is 1. The molecule has 0 heterocycles. The normalized spacial score (nSPS) is 12.4. The average molecular weight is 316 g/mol. The molecule has 0 aliphatic heterocycles. The van der Waals surface area contributed by atoms with Gasteiger partial charge in [0.15, 0.2) is 0 Å². The van der Waals surface area contributed by atoms with Gasteiger partial charge in [-0.3, -0.25) is 4.79 Å². The third-order valence-corrected chi connectivity index (χ3v) is 3.59. The maximum atomic E-state index is 11.5. The molecular weight excluding hydrogens is 300 g/mol. The molecule has 0 spiro atoms. The fourth-order valence-electron chi connectivity index (χ4n) is 1.56. The lowest BCUT2D eigenvalue weighted by atomic mass is 10.1. The van der Waals surface area contributed by atoms with Gasteiger partial charge in [0.05, 0.1) is 7.11 Å². The van der Waals surface area contributed by atoms with Crippen LogP contribution in [0.3, 0.4) is 0 Å². The maximum Gasteiger partial charge on any atom is 0.421 e. The van der Waals surface area contributed by atoms with E-state index in [1.807, 2.05) is 10.8 Å². The van der Waals surface area contributed by atoms with Gasteiger partial charge in [-0.1, -0.05) is 30.3 Å². The number of carbonyl (C=O) groups excluding carboxylic acids is 1. The first-order valence-electron chi connectivity index (χ1n) is 5.99. The lowest BCUT2D eigenvalue weighted by molar-refractivity contribution is -0.139. The van der Waals surface area contributed by atoms with Crippen LogP contribution >= 0.6 is 0 Å². The van der Waals surface area contributed by atoms with Gasteiger partial charge in [0.2, 0.25) is 0 Å². The highest BCUT2D eigenvalue weighted by atomic mass is 32.2. The average Bonchev–Trinajstić information content (AvgIpc) is 2.43. The molecule has 21 heavy (non-hydrogen) atoms. The summed E-state index contributed by atoms with van der Waals surface area (Å²) in [6.07, 6.45) is -0.783. The van der Waals surface area contributed by atoms with Crippen LogP contribution < -0.4 is 9.44 Å². The Labute approximate surface area is 122 Å². The molecule has 3 N–H and O–H groups in total. The van der Waals surface area contributed by atoms with Crippen LogP contribution in [0, 0.1) is 0 Å². The predicted octanol–water partition coefficient (Wildman–Crippen LogP) is 0.263. The molecule has 0 fully saturated rings. The van der Waals surface area contributed by atoms with Crippen molar-refractivity contribution in [3.05, 3.63) is 35.9 Å². The molecule has 8 nitrogen and oxygen atoms in total. The van der Waals surface area contributed by atoms with Gasteiger partial charge in [-0.15, -0.1) is 0 Å². The van der Waals surface area contributed by atoms with Crippen molar-refractivity contribution < 1.29 is 27.9 Å². The molecule has 0 aliphatic carbocycles. The molecular formula is C12H16N2O6S. The lowest BCUT2D eigenvalue weighted by Crippen LogP contribution is -2.48. The van der Waals surface area contributed by atoms with Crippen molar-refractivity contribution in [1.29, 1.82) is 0 Å². The molecule has 116 valence electrons. The van der Waals surface area contributed by atoms with Gasteiger partial charge in [-0.25, -0.2) is 9.52 Å². The highest BCUT2D eigenvalue weighted by molar-refractivity contribution is 7.88. The van der Waals surface area contributed by atoms with Crippen molar-refractivity contribution in [2.24, 2.45) is 0 Å². The summed E-state index contributed by atoms with van der Waals surface area (Å²) in [5.74, 6) is -1.33. The molecule has 0 bridgehead atoms. The molecule has 1 atom stereocenters. The molecule has 1 aromatic rings. The van der Waals surface area contributed by atoms with E-state index in [1.165, 1.54) is 4.72 Å². The molecule has 0 unspecified atom stereocenters. The Morgan fingerprint density at radius 2 is 1.90 bits per heavy atom. The van der Waals surface area contributed by atoms with Gasteiger partial charge in [-0.05, 0) is 18.4 Å². The van der Waals surface area contributed by atoms with Gasteiger partial charge in [0, 0.05) is 0 Å². The fraction of sp³-hybridized carbons (Fsp3) is 0.333. The van der Waals surface area contributed by atoms with E-state index in [0.29, 0.717) is 6.42 Å². The summed E-state index contributed by atoms with van der Waals surface area (Å²) in [6.45, 7) is 0. The number of ether oxygens (including phenoxy) is 1. The molecule has 0 aliphatic rings. The minimum atomic E-state index is -4.30. The van der Waals surface area contributed by atoms with Crippen LogP contribution in [0.15, 0.2) is 30.3 Å². The maximum absolute atomic E-state index is 11.5. The number of aliphatic carboxylic acids is 1. The standard InChI is InChI=1S/C12H16N2O6S/c1-20-12(17)14-21(18,19)13-10(11(15)16)8-7-9-5-3-2-4-6-9/h2-6,10,13H,7-8H2,1H3,(H,14,17)(H,15,16)/t10-/m0/s1. The third kappa shape index (κ3) is 6.23. The van der Waals surface area contributed by atoms with E-state index >= 15 is 0 Å². The zero-order valence-corrected chi connectivity index (χ0v) is 12.1. The fourth-order valence-corrected chi connectivity index (χ4v) is 2.51. The van der Waals surface area contributed by atoms with E-state index in [-0.39, 0.29) is 6.42 Å². The van der Waals surface area contributed by atoms with E-state index in [4.69, 9.17) is 5.11 Å². The Kier molecular flexibility index (Phi) is 6.12. The van der Waals surface area contributed by atoms with Crippen molar-refractivity contribution >= 4 is 22.3 Å². The molecule has 0 aromatic heterocycles. The quantitative estimate of drug-likeness (QED) is 0.663. The van der Waals surface area contributed by atoms with Crippen molar-refractivity contribution in [2.75, 3.05) is 7.11 Å². The monoisotopic (exact) mass is 316 g/mol. The van der Waals surface area contributed by atoms with Crippen LogP contribution in [-0.2, 0) is 26.2 Å². The third-order valence-electron chi connectivity index (χ3n) is 2.56. The number of hydrogen-bond donors (Lipinski definition) is 3. The van der Waals surface area contributed by atoms with Crippen LogP contribution in [0.25, 0.3) is 0 Å². The lowest BCUT2D eigenvalue weighted by Gasteiger charge is -2.14. The molecule has 0 saturated carbocycles. The highest BCUT2D eigenvalue weighted by Gasteiger charge is 2.25. The van der Waals surface area contributed by atoms with E-state index < -0.39 is 28.3 Å². The van der Waals surface area contributed by atoms with Crippen molar-refractivity contribution in [2.45, 2.75) is 18.9 Å². The van der Waals surface area contributed by atoms with E-state index in [2.05, 4.69) is 4.74 Å². The second-order valence-corrected chi connectivity index (χ2v) is 5.58. The number of aryl methyl sites for hydroxylation is 1. The Bertz CT molecular complexity index is 587. The van der Waals surface area contributed by atoms with E-state index in [1.54, 1.807) is 24.3 Å². The number of hydrogen-bond acceptors (Lipinski definition) is 5. The summed E-state index contributed by atoms with van der Waals surface area (Å²) in [7, 11) is -3.30. The zero-order chi connectivity index (χ0) is 15.9. The van der Waals surface area contributed by atoms with Crippen LogP contribution in [0.4, 0.5) is 4.79 Å². The van der Waals surface area contributed by atoms with E-state index in [9.17, 15) is 18.0 Å². The summed E-state index contributed by atoms with van der Waals surface area (Å²) in [5.41, 5.74) is 0.879. The number of carbonyl (C=O) groups is 2. The summed E-state index contributed by atoms with van der Waals surface area (Å²) < 4.78 is 30.6. The molecule has 0 saturated heterocycles. The Hall–Kier alpha value is -2.13. The molecule has 1 aromatic carbocycles. The number of carboxylic acids is 1. The number of rotatable bonds is 7. The zero-order valence-electron chi connectivity index (χ0n) is 11.3. The minimum Gasteiger partial charge on any atom is -0.480 e. The van der Waals surface area contributed by atoms with Gasteiger partial charge in [0.25, 0.3) is 0 Å². The summed E-state index contributed by atoms with van der Waals surface area (Å²) in [5, 5.41) is 9.04. The summed E-state index contributed by atoms with van der Waals surface area (Å²) in [6, 6.07) is 7.68. The van der Waals surface area contributed by atoms with Crippen LogP contribution in [-0.4, -0.2) is 38.7 Å². The van der Waals surface area contributed by atoms with E-state index in [0.717, 1.165) is 12.7 Å². The topological polar surface area (TPSA) is 122 Å². The van der Waals surface area contributed by atoms with Crippen LogP contribution in [0.1, 0.15) is 12.0 Å². The van der Waals surface area contributed by atoms with Gasteiger partial charge >= 0.3 is 22.3 Å². The molecule has 1 amide bonds. The summed E-state index contributed by atoms with van der Waals surface area (Å²) in [4.78, 5) is 21.9. The smallest absolute Gasteiger partial charge is 0.421 e. The second kappa shape index (κ2) is 7.60. The number of carboxylic acid groups (broad SMARTS) is 1. The predicted molar refractivity (Wildman–Crippen MR) is 73.8 cm³/mol. The Balaban J connectivity index is 2.66. The first kappa shape index (κ1) is 16.9. The SMILES string of the molecule is COC(=O)NS(=O)(=O)N[C@@H](CCc1ccccc1)C(=O)O. The first-order valence-corrected chi connectivity index (χ1v) is 7.47. The van der Waals surface area contributed by atoms with Crippen molar-refractivity contribution in [3.63, 3.8) is 0 Å². The number of methoxy groups -OCH3 is 1. The molecule has 1 rings (SSSR count). The first-order chi connectivity index (χ1) is 9.84. The van der Waals surface area contributed by atoms with Gasteiger partial charge in [-0.2, -0.15) is 13.1 Å². The largest absolute Gasteiger partial charge is 0.480 e. The second-order valence-electron chi connectivity index (χ2n) is 4.13. The number of amides is 1. The van der Waals surface area contributed by atoms with Gasteiger partial charge < -0.3 is 9.84 Å². The van der Waals surface area contributed by atoms with Crippen LogP contribution in [0.5, 0.6) is 0 Å². The molecule has 0 radical (unpaired) electrons.